The van der Waals surface area contributed by atoms with Gasteiger partial charge in [-0.25, -0.2) is 0 Å². The summed E-state index contributed by atoms with van der Waals surface area (Å²) in [4.78, 5) is 0. The quantitative estimate of drug-likeness (QED) is 0.756. The zero-order chi connectivity index (χ0) is 13.4. The average Bonchev–Trinajstić information content (AvgIpc) is 2.99. The lowest BCUT2D eigenvalue weighted by Gasteiger charge is -2.06. The van der Waals surface area contributed by atoms with E-state index in [9.17, 15) is 0 Å². The molecule has 0 aliphatic heterocycles. The molecule has 0 unspecified atom stereocenters. The van der Waals surface area contributed by atoms with Gasteiger partial charge in [0, 0.05) is 11.8 Å². The summed E-state index contributed by atoms with van der Waals surface area (Å²) in [5.41, 5.74) is 8.17. The zero-order valence-corrected chi connectivity index (χ0v) is 11.0. The number of aromatic nitrogens is 3. The molecule has 2 aromatic heterocycles. The van der Waals surface area contributed by atoms with E-state index in [0.29, 0.717) is 32.6 Å². The van der Waals surface area contributed by atoms with Crippen LogP contribution in [-0.4, -0.2) is 15.4 Å². The average molecular weight is 295 g/mol. The molecule has 1 aromatic carbocycles. The van der Waals surface area contributed by atoms with Gasteiger partial charge in [-0.2, -0.15) is 5.10 Å². The highest BCUT2D eigenvalue weighted by Gasteiger charge is 2.22. The first-order valence-corrected chi connectivity index (χ1v) is 6.13. The van der Waals surface area contributed by atoms with Crippen LogP contribution in [-0.2, 0) is 0 Å². The number of hydrogen-bond acceptors (Lipinski definition) is 4. The van der Waals surface area contributed by atoms with Crippen LogP contribution in [0.25, 0.3) is 22.5 Å². The van der Waals surface area contributed by atoms with E-state index in [4.69, 9.17) is 33.5 Å². The number of halogens is 2. The molecule has 0 saturated heterocycles. The summed E-state index contributed by atoms with van der Waals surface area (Å²) in [5, 5.41) is 11.6. The molecule has 0 aliphatic carbocycles. The third kappa shape index (κ3) is 1.97. The predicted octanol–water partition coefficient (Wildman–Crippen LogP) is 3.62. The number of aromatic amines is 1. The third-order valence-electron chi connectivity index (χ3n) is 2.69. The molecule has 2 heterocycles. The fourth-order valence-corrected chi connectivity index (χ4v) is 2.44. The molecule has 0 bridgehead atoms. The van der Waals surface area contributed by atoms with Gasteiger partial charge in [0.05, 0.1) is 21.3 Å². The fraction of sp³-hybridized carbons (Fsp3) is 0. The van der Waals surface area contributed by atoms with E-state index in [0.717, 1.165) is 0 Å². The van der Waals surface area contributed by atoms with Crippen molar-refractivity contribution in [1.82, 2.24) is 15.4 Å². The van der Waals surface area contributed by atoms with Crippen LogP contribution in [0, 0.1) is 0 Å². The van der Waals surface area contributed by atoms with E-state index in [2.05, 4.69) is 15.4 Å². The molecule has 0 spiro atoms. The van der Waals surface area contributed by atoms with Gasteiger partial charge in [-0.15, -0.1) is 0 Å². The molecule has 0 amide bonds. The number of anilines is 1. The minimum absolute atomic E-state index is 0.152. The van der Waals surface area contributed by atoms with Crippen LogP contribution in [0.5, 0.6) is 0 Å². The topological polar surface area (TPSA) is 80.7 Å². The van der Waals surface area contributed by atoms with Crippen molar-refractivity contribution in [3.63, 3.8) is 0 Å². The number of nitrogens with one attached hydrogen (secondary N) is 1. The van der Waals surface area contributed by atoms with Crippen molar-refractivity contribution in [1.29, 1.82) is 0 Å². The Morgan fingerprint density at radius 1 is 1.11 bits per heavy atom. The van der Waals surface area contributed by atoms with Crippen molar-refractivity contribution in [2.75, 3.05) is 5.73 Å². The van der Waals surface area contributed by atoms with E-state index in [1.54, 1.807) is 30.5 Å². The van der Waals surface area contributed by atoms with Gasteiger partial charge >= 0.3 is 0 Å². The zero-order valence-electron chi connectivity index (χ0n) is 9.52. The second-order valence-corrected chi connectivity index (χ2v) is 4.65. The number of nitrogens with two attached hydrogens (primary N) is 1. The molecular weight excluding hydrogens is 287 g/mol. The van der Waals surface area contributed by atoms with E-state index in [-0.39, 0.29) is 5.88 Å². The van der Waals surface area contributed by atoms with E-state index in [1.165, 1.54) is 0 Å². The van der Waals surface area contributed by atoms with E-state index in [1.807, 2.05) is 0 Å². The smallest absolute Gasteiger partial charge is 0.230 e. The minimum atomic E-state index is 0.152. The lowest BCUT2D eigenvalue weighted by Crippen LogP contribution is -1.90. The van der Waals surface area contributed by atoms with Gasteiger partial charge < -0.3 is 10.3 Å². The monoisotopic (exact) mass is 294 g/mol. The van der Waals surface area contributed by atoms with Gasteiger partial charge in [0.2, 0.25) is 5.88 Å². The van der Waals surface area contributed by atoms with Crippen LogP contribution >= 0.6 is 23.2 Å². The fourth-order valence-electron chi connectivity index (χ4n) is 1.85. The summed E-state index contributed by atoms with van der Waals surface area (Å²) in [6, 6.07) is 6.97. The first-order valence-electron chi connectivity index (χ1n) is 5.37. The molecule has 0 radical (unpaired) electrons. The molecular formula is C12H8Cl2N4O. The molecule has 5 nitrogen and oxygen atoms in total. The molecule has 0 fully saturated rings. The van der Waals surface area contributed by atoms with Gasteiger partial charge in [-0.05, 0) is 18.2 Å². The number of nitrogens with zero attached hydrogens (tertiary/aromatic N) is 2. The molecule has 0 saturated carbocycles. The molecule has 19 heavy (non-hydrogen) atoms. The summed E-state index contributed by atoms with van der Waals surface area (Å²) < 4.78 is 5.05. The largest absolute Gasteiger partial charge is 0.367 e. The summed E-state index contributed by atoms with van der Waals surface area (Å²) >= 11 is 12.4. The Morgan fingerprint density at radius 2 is 1.84 bits per heavy atom. The van der Waals surface area contributed by atoms with Crippen molar-refractivity contribution in [2.45, 2.75) is 0 Å². The van der Waals surface area contributed by atoms with Gasteiger partial charge in [0.1, 0.15) is 5.69 Å². The van der Waals surface area contributed by atoms with Crippen LogP contribution in [0.1, 0.15) is 0 Å². The van der Waals surface area contributed by atoms with Crippen LogP contribution < -0.4 is 5.73 Å². The van der Waals surface area contributed by atoms with Gasteiger partial charge in [-0.1, -0.05) is 34.4 Å². The Balaban J connectivity index is 2.29. The molecule has 3 aromatic rings. The summed E-state index contributed by atoms with van der Waals surface area (Å²) in [5.74, 6) is 0.152. The molecule has 3 N–H and O–H groups in total. The first kappa shape index (κ1) is 12.1. The molecule has 7 heteroatoms. The minimum Gasteiger partial charge on any atom is -0.367 e. The Labute approximate surface area is 118 Å². The number of rotatable bonds is 2. The highest BCUT2D eigenvalue weighted by Crippen LogP contribution is 2.42. The standard InChI is InChI=1S/C12H8Cl2N4O/c13-6-2-1-3-7(14)9(6)10-11(18-19-12(10)15)8-4-5-16-17-8/h1-5H,15H2,(H,16,17). The van der Waals surface area contributed by atoms with Crippen LogP contribution in [0.3, 0.4) is 0 Å². The number of nitrogen functional groups attached to an aromatic ring is 1. The van der Waals surface area contributed by atoms with Gasteiger partial charge in [-0.3, -0.25) is 5.10 Å². The van der Waals surface area contributed by atoms with Crippen molar-refractivity contribution in [3.05, 3.63) is 40.5 Å². The number of benzene rings is 1. The van der Waals surface area contributed by atoms with Gasteiger partial charge in [0.25, 0.3) is 0 Å². The maximum Gasteiger partial charge on any atom is 0.230 e. The number of hydrogen-bond donors (Lipinski definition) is 2. The third-order valence-corrected chi connectivity index (χ3v) is 3.32. The second kappa shape index (κ2) is 4.60. The van der Waals surface area contributed by atoms with Crippen molar-refractivity contribution in [2.24, 2.45) is 0 Å². The van der Waals surface area contributed by atoms with Crippen molar-refractivity contribution < 1.29 is 4.52 Å². The Hall–Kier alpha value is -1.98. The van der Waals surface area contributed by atoms with E-state index < -0.39 is 0 Å². The molecule has 0 aliphatic rings. The molecule has 96 valence electrons. The maximum absolute atomic E-state index is 6.19. The van der Waals surface area contributed by atoms with Crippen molar-refractivity contribution in [3.8, 4) is 22.5 Å². The summed E-state index contributed by atoms with van der Waals surface area (Å²) in [6.07, 6.45) is 1.61. The van der Waals surface area contributed by atoms with Crippen LogP contribution in [0.2, 0.25) is 10.0 Å². The molecule has 0 atom stereocenters. The predicted molar refractivity (Wildman–Crippen MR) is 74.0 cm³/mol. The van der Waals surface area contributed by atoms with Crippen LogP contribution in [0.15, 0.2) is 35.0 Å². The Kier molecular flexibility index (Phi) is 2.93. The first-order chi connectivity index (χ1) is 9.18. The normalized spacial score (nSPS) is 10.8. The van der Waals surface area contributed by atoms with Gasteiger partial charge in [0.15, 0.2) is 0 Å². The molecule has 3 rings (SSSR count). The highest BCUT2D eigenvalue weighted by molar-refractivity contribution is 6.39. The lowest BCUT2D eigenvalue weighted by molar-refractivity contribution is 0.439. The van der Waals surface area contributed by atoms with Crippen molar-refractivity contribution >= 4 is 29.1 Å². The Morgan fingerprint density at radius 3 is 2.47 bits per heavy atom. The summed E-state index contributed by atoms with van der Waals surface area (Å²) in [6.45, 7) is 0. The Bertz CT molecular complexity index is 701. The second-order valence-electron chi connectivity index (χ2n) is 3.84. The lowest BCUT2D eigenvalue weighted by atomic mass is 10.0. The maximum atomic E-state index is 6.19. The SMILES string of the molecule is Nc1onc(-c2ccn[nH]2)c1-c1c(Cl)cccc1Cl. The summed E-state index contributed by atoms with van der Waals surface area (Å²) in [7, 11) is 0. The highest BCUT2D eigenvalue weighted by atomic mass is 35.5. The van der Waals surface area contributed by atoms with Crippen LogP contribution in [0.4, 0.5) is 5.88 Å². The number of H-pyrrole nitrogens is 1. The van der Waals surface area contributed by atoms with E-state index >= 15 is 0 Å².